The van der Waals surface area contributed by atoms with Crippen molar-refractivity contribution >= 4 is 16.9 Å². The van der Waals surface area contributed by atoms with Gasteiger partial charge >= 0.3 is 0 Å². The molecule has 0 amide bonds. The number of aromatic amines is 1. The van der Waals surface area contributed by atoms with Gasteiger partial charge in [-0.3, -0.25) is 4.99 Å². The number of amidine groups is 1. The molecule has 1 heterocycles. The quantitative estimate of drug-likeness (QED) is 0.440. The summed E-state index contributed by atoms with van der Waals surface area (Å²) in [6, 6.07) is 0. The van der Waals surface area contributed by atoms with Crippen LogP contribution in [-0.2, 0) is 6.42 Å². The third-order valence-electron chi connectivity index (χ3n) is 1.69. The van der Waals surface area contributed by atoms with Crippen molar-refractivity contribution in [2.24, 2.45) is 10.7 Å². The zero-order valence-corrected chi connectivity index (χ0v) is 9.18. The van der Waals surface area contributed by atoms with E-state index in [9.17, 15) is 0 Å². The van der Waals surface area contributed by atoms with Crippen LogP contribution in [0.15, 0.2) is 17.4 Å². The lowest BCUT2D eigenvalue weighted by atomic mass is 10.3. The number of aliphatic imine (C=N–C) groups is 1. The van der Waals surface area contributed by atoms with Gasteiger partial charge < -0.3 is 10.7 Å². The molecule has 4 nitrogen and oxygen atoms in total. The molecular weight excluding hydrogens is 196 g/mol. The fourth-order valence-electron chi connectivity index (χ4n) is 1.06. The molecule has 0 saturated carbocycles. The van der Waals surface area contributed by atoms with Gasteiger partial charge in [-0.05, 0) is 12.2 Å². The van der Waals surface area contributed by atoms with Crippen LogP contribution in [0.25, 0.3) is 0 Å². The summed E-state index contributed by atoms with van der Waals surface area (Å²) in [6.07, 6.45) is 5.51. The Hall–Kier alpha value is -0.970. The van der Waals surface area contributed by atoms with E-state index in [1.54, 1.807) is 18.0 Å². The van der Waals surface area contributed by atoms with Crippen molar-refractivity contribution in [1.82, 2.24) is 9.97 Å². The van der Waals surface area contributed by atoms with E-state index < -0.39 is 0 Å². The number of rotatable bonds is 5. The summed E-state index contributed by atoms with van der Waals surface area (Å²) >= 11 is 1.58. The molecular formula is C9H16N4S. The van der Waals surface area contributed by atoms with Crippen LogP contribution in [0.4, 0.5) is 0 Å². The number of nitrogens with zero attached hydrogens (tertiary/aromatic N) is 2. The Morgan fingerprint density at radius 2 is 2.57 bits per heavy atom. The van der Waals surface area contributed by atoms with Crippen molar-refractivity contribution in [1.29, 1.82) is 0 Å². The Balaban J connectivity index is 2.13. The second kappa shape index (κ2) is 6.48. The molecule has 1 rings (SSSR count). The van der Waals surface area contributed by atoms with Crippen molar-refractivity contribution in [2.75, 3.05) is 12.3 Å². The molecule has 1 aromatic rings. The lowest BCUT2D eigenvalue weighted by molar-refractivity contribution is 0.795. The molecule has 0 aliphatic carbocycles. The van der Waals surface area contributed by atoms with Gasteiger partial charge in [0.1, 0.15) is 5.82 Å². The lowest BCUT2D eigenvalue weighted by Gasteiger charge is -1.97. The van der Waals surface area contributed by atoms with Crippen LogP contribution in [0, 0.1) is 0 Å². The van der Waals surface area contributed by atoms with Gasteiger partial charge in [0, 0.05) is 25.4 Å². The maximum absolute atomic E-state index is 5.63. The van der Waals surface area contributed by atoms with Crippen molar-refractivity contribution < 1.29 is 0 Å². The highest BCUT2D eigenvalue weighted by molar-refractivity contribution is 8.13. The summed E-state index contributed by atoms with van der Waals surface area (Å²) in [7, 11) is 0. The third kappa shape index (κ3) is 4.32. The first-order chi connectivity index (χ1) is 6.83. The SMILES string of the molecule is CCSC(N)=NCCCc1ncc[nH]1. The molecule has 14 heavy (non-hydrogen) atoms. The number of aryl methyl sites for hydroxylation is 1. The first kappa shape index (κ1) is 11.1. The summed E-state index contributed by atoms with van der Waals surface area (Å²) in [5.41, 5.74) is 5.63. The monoisotopic (exact) mass is 212 g/mol. The molecule has 0 aliphatic heterocycles. The van der Waals surface area contributed by atoms with Gasteiger partial charge in [-0.2, -0.15) is 0 Å². The van der Waals surface area contributed by atoms with Crippen LogP contribution in [0.3, 0.4) is 0 Å². The Bertz CT molecular complexity index is 268. The molecule has 0 aromatic carbocycles. The van der Waals surface area contributed by atoms with E-state index in [-0.39, 0.29) is 0 Å². The van der Waals surface area contributed by atoms with Crippen molar-refractivity contribution in [3.8, 4) is 0 Å². The summed E-state index contributed by atoms with van der Waals surface area (Å²) in [6.45, 7) is 2.84. The maximum Gasteiger partial charge on any atom is 0.153 e. The molecule has 0 fully saturated rings. The Labute approximate surface area is 88.4 Å². The molecule has 0 radical (unpaired) electrons. The summed E-state index contributed by atoms with van der Waals surface area (Å²) in [5, 5.41) is 0.687. The van der Waals surface area contributed by atoms with Crippen LogP contribution in [0.1, 0.15) is 19.2 Å². The van der Waals surface area contributed by atoms with E-state index in [0.29, 0.717) is 5.17 Å². The maximum atomic E-state index is 5.63. The number of H-pyrrole nitrogens is 1. The minimum absolute atomic E-state index is 0.687. The minimum atomic E-state index is 0.687. The van der Waals surface area contributed by atoms with Gasteiger partial charge in [-0.25, -0.2) is 4.98 Å². The van der Waals surface area contributed by atoms with Gasteiger partial charge in [0.2, 0.25) is 0 Å². The molecule has 3 N–H and O–H groups in total. The molecule has 5 heteroatoms. The normalized spacial score (nSPS) is 11.9. The molecule has 0 aliphatic rings. The third-order valence-corrected chi connectivity index (χ3v) is 2.40. The van der Waals surface area contributed by atoms with E-state index >= 15 is 0 Å². The van der Waals surface area contributed by atoms with Gasteiger partial charge in [0.15, 0.2) is 5.17 Å². The van der Waals surface area contributed by atoms with Crippen molar-refractivity contribution in [3.05, 3.63) is 18.2 Å². The number of imidazole rings is 1. The smallest absolute Gasteiger partial charge is 0.153 e. The average Bonchev–Trinajstić information content (AvgIpc) is 2.65. The van der Waals surface area contributed by atoms with Crippen molar-refractivity contribution in [3.63, 3.8) is 0 Å². The second-order valence-electron chi connectivity index (χ2n) is 2.79. The fraction of sp³-hybridized carbons (Fsp3) is 0.556. The highest BCUT2D eigenvalue weighted by Crippen LogP contribution is 1.99. The molecule has 0 unspecified atom stereocenters. The molecule has 1 aromatic heterocycles. The topological polar surface area (TPSA) is 67.1 Å². The van der Waals surface area contributed by atoms with Crippen LogP contribution >= 0.6 is 11.8 Å². The number of hydrogen-bond donors (Lipinski definition) is 2. The molecule has 0 saturated heterocycles. The second-order valence-corrected chi connectivity index (χ2v) is 4.08. The highest BCUT2D eigenvalue weighted by Gasteiger charge is 1.94. The number of thioether (sulfide) groups is 1. The summed E-state index contributed by atoms with van der Waals surface area (Å²) < 4.78 is 0. The first-order valence-electron chi connectivity index (χ1n) is 4.74. The number of aromatic nitrogens is 2. The number of nitrogens with one attached hydrogen (secondary N) is 1. The lowest BCUT2D eigenvalue weighted by Crippen LogP contribution is -2.07. The van der Waals surface area contributed by atoms with E-state index in [2.05, 4.69) is 21.9 Å². The van der Waals surface area contributed by atoms with Gasteiger partial charge in [0.05, 0.1) is 0 Å². The average molecular weight is 212 g/mol. The predicted octanol–water partition coefficient (Wildman–Crippen LogP) is 1.41. The number of hydrogen-bond acceptors (Lipinski definition) is 3. The highest BCUT2D eigenvalue weighted by atomic mass is 32.2. The van der Waals surface area contributed by atoms with E-state index in [1.807, 2.05) is 6.20 Å². The standard InChI is InChI=1S/C9H16N4S/c1-2-14-9(10)13-5-3-4-8-11-6-7-12-8/h6-7H,2-5H2,1H3,(H2,10,13)(H,11,12). The fourth-order valence-corrected chi connectivity index (χ4v) is 1.54. The van der Waals surface area contributed by atoms with Crippen molar-refractivity contribution in [2.45, 2.75) is 19.8 Å². The van der Waals surface area contributed by atoms with Crippen LogP contribution in [0.5, 0.6) is 0 Å². The van der Waals surface area contributed by atoms with Crippen LogP contribution in [-0.4, -0.2) is 27.4 Å². The minimum Gasteiger partial charge on any atom is -0.379 e. The molecule has 78 valence electrons. The molecule has 0 bridgehead atoms. The predicted molar refractivity (Wildman–Crippen MR) is 61.5 cm³/mol. The molecule has 0 atom stereocenters. The Morgan fingerprint density at radius 1 is 1.71 bits per heavy atom. The van der Waals surface area contributed by atoms with E-state index in [1.165, 1.54) is 0 Å². The zero-order valence-electron chi connectivity index (χ0n) is 8.36. The van der Waals surface area contributed by atoms with Gasteiger partial charge in [-0.1, -0.05) is 18.7 Å². The first-order valence-corrected chi connectivity index (χ1v) is 5.72. The Kier molecular flexibility index (Phi) is 5.14. The summed E-state index contributed by atoms with van der Waals surface area (Å²) in [4.78, 5) is 11.4. The van der Waals surface area contributed by atoms with Gasteiger partial charge in [0.25, 0.3) is 0 Å². The Morgan fingerprint density at radius 3 is 3.21 bits per heavy atom. The zero-order chi connectivity index (χ0) is 10.2. The van der Waals surface area contributed by atoms with Gasteiger partial charge in [-0.15, -0.1) is 0 Å². The molecule has 0 spiro atoms. The summed E-state index contributed by atoms with van der Waals surface area (Å²) in [5.74, 6) is 2.00. The van der Waals surface area contributed by atoms with Crippen LogP contribution in [0.2, 0.25) is 0 Å². The number of nitrogens with two attached hydrogens (primary N) is 1. The van der Waals surface area contributed by atoms with E-state index in [0.717, 1.165) is 31.0 Å². The largest absolute Gasteiger partial charge is 0.379 e. The van der Waals surface area contributed by atoms with E-state index in [4.69, 9.17) is 5.73 Å². The van der Waals surface area contributed by atoms with Crippen LogP contribution < -0.4 is 5.73 Å².